The number of anilines is 2. The van der Waals surface area contributed by atoms with Crippen LogP contribution in [0.4, 0.5) is 24.9 Å². The number of alkyl halides is 3. The van der Waals surface area contributed by atoms with Crippen LogP contribution in [0.5, 0.6) is 0 Å². The summed E-state index contributed by atoms with van der Waals surface area (Å²) in [6.45, 7) is 0.385. The number of nitrogen functional groups attached to an aromatic ring is 1. The maximum absolute atomic E-state index is 12.7. The van der Waals surface area contributed by atoms with E-state index < -0.39 is 17.8 Å². The van der Waals surface area contributed by atoms with E-state index in [2.05, 4.69) is 15.0 Å². The van der Waals surface area contributed by atoms with Crippen molar-refractivity contribution in [1.29, 1.82) is 0 Å². The van der Waals surface area contributed by atoms with Gasteiger partial charge >= 0.3 is 6.18 Å². The SMILES string of the molecule is CN(Cc1ccncc1)c1cc(C(F)(F)F)nc(N)n1. The van der Waals surface area contributed by atoms with E-state index in [4.69, 9.17) is 5.73 Å². The Bertz CT molecular complexity index is 585. The molecule has 2 heterocycles. The standard InChI is InChI=1S/C12H12F3N5/c1-20(7-8-2-4-17-5-3-8)10-6-9(12(13,14)15)18-11(16)19-10/h2-6H,7H2,1H3,(H2,16,18,19). The topological polar surface area (TPSA) is 67.9 Å². The first-order valence-corrected chi connectivity index (χ1v) is 5.68. The predicted molar refractivity (Wildman–Crippen MR) is 67.8 cm³/mol. The van der Waals surface area contributed by atoms with Crippen molar-refractivity contribution in [3.63, 3.8) is 0 Å². The van der Waals surface area contributed by atoms with Gasteiger partial charge in [-0.3, -0.25) is 4.98 Å². The average molecular weight is 283 g/mol. The van der Waals surface area contributed by atoms with Crippen LogP contribution in [0.15, 0.2) is 30.6 Å². The molecule has 2 aromatic rings. The molecule has 0 saturated heterocycles. The summed E-state index contributed by atoms with van der Waals surface area (Å²) >= 11 is 0. The molecule has 0 radical (unpaired) electrons. The maximum Gasteiger partial charge on any atom is 0.433 e. The van der Waals surface area contributed by atoms with Crippen LogP contribution < -0.4 is 10.6 Å². The second kappa shape index (κ2) is 5.32. The van der Waals surface area contributed by atoms with Crippen LogP contribution in [0, 0.1) is 0 Å². The molecular formula is C12H12F3N5. The van der Waals surface area contributed by atoms with E-state index in [-0.39, 0.29) is 5.82 Å². The minimum absolute atomic E-state index is 0.113. The quantitative estimate of drug-likeness (QED) is 0.934. The van der Waals surface area contributed by atoms with Crippen molar-refractivity contribution in [3.05, 3.63) is 41.9 Å². The summed E-state index contributed by atoms with van der Waals surface area (Å²) in [5.74, 6) is -0.293. The molecule has 0 aliphatic heterocycles. The van der Waals surface area contributed by atoms with Gasteiger partial charge in [0.15, 0.2) is 5.69 Å². The lowest BCUT2D eigenvalue weighted by molar-refractivity contribution is -0.141. The van der Waals surface area contributed by atoms with Crippen molar-refractivity contribution in [3.8, 4) is 0 Å². The van der Waals surface area contributed by atoms with Crippen molar-refractivity contribution < 1.29 is 13.2 Å². The smallest absolute Gasteiger partial charge is 0.368 e. The second-order valence-corrected chi connectivity index (χ2v) is 4.18. The molecule has 5 nitrogen and oxygen atoms in total. The fourth-order valence-electron chi connectivity index (χ4n) is 1.64. The van der Waals surface area contributed by atoms with Gasteiger partial charge in [-0.05, 0) is 17.7 Å². The van der Waals surface area contributed by atoms with Gasteiger partial charge in [0, 0.05) is 32.1 Å². The normalized spacial score (nSPS) is 11.4. The molecule has 2 N–H and O–H groups in total. The summed E-state index contributed by atoms with van der Waals surface area (Å²) < 4.78 is 38.0. The first kappa shape index (κ1) is 14.0. The van der Waals surface area contributed by atoms with Gasteiger partial charge in [-0.15, -0.1) is 0 Å². The molecule has 2 rings (SSSR count). The molecule has 0 bridgehead atoms. The van der Waals surface area contributed by atoms with Crippen molar-refractivity contribution in [1.82, 2.24) is 15.0 Å². The van der Waals surface area contributed by atoms with Gasteiger partial charge in [-0.2, -0.15) is 18.2 Å². The molecule has 0 saturated carbocycles. The fourth-order valence-corrected chi connectivity index (χ4v) is 1.64. The molecule has 0 atom stereocenters. The molecule has 0 unspecified atom stereocenters. The Morgan fingerprint density at radius 2 is 1.85 bits per heavy atom. The van der Waals surface area contributed by atoms with Gasteiger partial charge in [0.1, 0.15) is 5.82 Å². The van der Waals surface area contributed by atoms with Gasteiger partial charge in [0.2, 0.25) is 5.95 Å². The minimum Gasteiger partial charge on any atom is -0.368 e. The molecule has 0 aliphatic carbocycles. The molecule has 20 heavy (non-hydrogen) atoms. The van der Waals surface area contributed by atoms with Crippen LogP contribution in [0.3, 0.4) is 0 Å². The largest absolute Gasteiger partial charge is 0.433 e. The lowest BCUT2D eigenvalue weighted by atomic mass is 10.2. The van der Waals surface area contributed by atoms with E-state index in [0.717, 1.165) is 11.6 Å². The Balaban J connectivity index is 2.26. The summed E-state index contributed by atoms with van der Waals surface area (Å²) in [6.07, 6.45) is -1.33. The molecule has 0 aliphatic rings. The summed E-state index contributed by atoms with van der Waals surface area (Å²) in [4.78, 5) is 12.5. The zero-order chi connectivity index (χ0) is 14.8. The lowest BCUT2D eigenvalue weighted by Crippen LogP contribution is -2.20. The van der Waals surface area contributed by atoms with E-state index in [1.165, 1.54) is 0 Å². The lowest BCUT2D eigenvalue weighted by Gasteiger charge is -2.19. The van der Waals surface area contributed by atoms with Crippen LogP contribution >= 0.6 is 0 Å². The van der Waals surface area contributed by atoms with Crippen molar-refractivity contribution >= 4 is 11.8 Å². The third kappa shape index (κ3) is 3.34. The van der Waals surface area contributed by atoms with Crippen LogP contribution in [-0.4, -0.2) is 22.0 Å². The number of aromatic nitrogens is 3. The Labute approximate surface area is 113 Å². The molecule has 106 valence electrons. The van der Waals surface area contributed by atoms with Crippen molar-refractivity contribution in [2.45, 2.75) is 12.7 Å². The molecule has 0 fully saturated rings. The van der Waals surface area contributed by atoms with Gasteiger partial charge in [-0.25, -0.2) is 4.98 Å². The molecular weight excluding hydrogens is 271 g/mol. The first-order chi connectivity index (χ1) is 9.36. The average Bonchev–Trinajstić information content (AvgIpc) is 2.38. The Morgan fingerprint density at radius 3 is 2.45 bits per heavy atom. The number of hydrogen-bond donors (Lipinski definition) is 1. The Kier molecular flexibility index (Phi) is 3.73. The number of halogens is 3. The molecule has 0 amide bonds. The highest BCUT2D eigenvalue weighted by Gasteiger charge is 2.33. The summed E-state index contributed by atoms with van der Waals surface area (Å²) in [6, 6.07) is 4.41. The fraction of sp³-hybridized carbons (Fsp3) is 0.250. The third-order valence-electron chi connectivity index (χ3n) is 2.58. The predicted octanol–water partition coefficient (Wildman–Crippen LogP) is 2.11. The van der Waals surface area contributed by atoms with E-state index in [9.17, 15) is 13.2 Å². The van der Waals surface area contributed by atoms with Gasteiger partial charge in [0.25, 0.3) is 0 Å². The van der Waals surface area contributed by atoms with Gasteiger partial charge in [-0.1, -0.05) is 0 Å². The van der Waals surface area contributed by atoms with E-state index in [1.807, 2.05) is 0 Å². The summed E-state index contributed by atoms with van der Waals surface area (Å²) in [7, 11) is 1.63. The van der Waals surface area contributed by atoms with Gasteiger partial charge < -0.3 is 10.6 Å². The molecule has 8 heteroatoms. The Hall–Kier alpha value is -2.38. The van der Waals surface area contributed by atoms with Crippen LogP contribution in [0.25, 0.3) is 0 Å². The highest BCUT2D eigenvalue weighted by atomic mass is 19.4. The Morgan fingerprint density at radius 1 is 1.20 bits per heavy atom. The molecule has 0 spiro atoms. The minimum atomic E-state index is -4.55. The van der Waals surface area contributed by atoms with Crippen LogP contribution in [0.2, 0.25) is 0 Å². The van der Waals surface area contributed by atoms with Crippen LogP contribution in [-0.2, 0) is 12.7 Å². The number of hydrogen-bond acceptors (Lipinski definition) is 5. The monoisotopic (exact) mass is 283 g/mol. The highest BCUT2D eigenvalue weighted by Crippen LogP contribution is 2.30. The second-order valence-electron chi connectivity index (χ2n) is 4.18. The van der Waals surface area contributed by atoms with Gasteiger partial charge in [0.05, 0.1) is 0 Å². The maximum atomic E-state index is 12.7. The number of nitrogens with two attached hydrogens (primary N) is 1. The number of rotatable bonds is 3. The number of nitrogens with zero attached hydrogens (tertiary/aromatic N) is 4. The third-order valence-corrected chi connectivity index (χ3v) is 2.58. The summed E-state index contributed by atoms with van der Waals surface area (Å²) in [5.41, 5.74) is 5.17. The van der Waals surface area contributed by atoms with E-state index >= 15 is 0 Å². The van der Waals surface area contributed by atoms with E-state index in [1.54, 1.807) is 36.5 Å². The molecule has 0 aromatic carbocycles. The van der Waals surface area contributed by atoms with Crippen molar-refractivity contribution in [2.75, 3.05) is 17.7 Å². The van der Waals surface area contributed by atoms with E-state index in [0.29, 0.717) is 6.54 Å². The zero-order valence-corrected chi connectivity index (χ0v) is 10.6. The summed E-state index contributed by atoms with van der Waals surface area (Å²) in [5, 5.41) is 0. The first-order valence-electron chi connectivity index (χ1n) is 5.68. The van der Waals surface area contributed by atoms with Crippen molar-refractivity contribution in [2.24, 2.45) is 0 Å². The van der Waals surface area contributed by atoms with Crippen LogP contribution in [0.1, 0.15) is 11.3 Å². The zero-order valence-electron chi connectivity index (χ0n) is 10.6. The number of pyridine rings is 1. The molecule has 2 aromatic heterocycles. The highest BCUT2D eigenvalue weighted by molar-refractivity contribution is 5.44.